The molecule has 0 amide bonds. The zero-order valence-electron chi connectivity index (χ0n) is 9.16. The van der Waals surface area contributed by atoms with Gasteiger partial charge in [0.1, 0.15) is 0 Å². The van der Waals surface area contributed by atoms with Crippen molar-refractivity contribution in [3.05, 3.63) is 0 Å². The fourth-order valence-electron chi connectivity index (χ4n) is 0.204. The average Bonchev–Trinajstić information content (AvgIpc) is 1.86. The first-order valence-electron chi connectivity index (χ1n) is 3.81. The maximum absolute atomic E-state index is 8.89. The fraction of sp³-hybridized carbons (Fsp3) is 0.750. The summed E-state index contributed by atoms with van der Waals surface area (Å²) in [6.45, 7) is 7.61. The standard InChI is InChI=1S/C4H10O.2C2H4O2.Mg/c1-3-5-4-2;2*1-2(3)4;/h3-4H2,1-2H3;2*1H3,(H,3,4);/q;;;+2/p-2. The van der Waals surface area contributed by atoms with Crippen molar-refractivity contribution in [1.29, 1.82) is 0 Å². The summed E-state index contributed by atoms with van der Waals surface area (Å²) < 4.78 is 4.83. The molecule has 0 heterocycles. The van der Waals surface area contributed by atoms with Crippen LogP contribution in [0, 0.1) is 0 Å². The zero-order chi connectivity index (χ0) is 11.3. The summed E-state index contributed by atoms with van der Waals surface area (Å²) in [7, 11) is 0. The van der Waals surface area contributed by atoms with Crippen molar-refractivity contribution in [2.45, 2.75) is 27.7 Å². The Morgan fingerprint density at radius 3 is 1.14 bits per heavy atom. The van der Waals surface area contributed by atoms with Crippen LogP contribution in [0.1, 0.15) is 27.7 Å². The van der Waals surface area contributed by atoms with Gasteiger partial charge >= 0.3 is 23.1 Å². The minimum atomic E-state index is -1.08. The summed E-state index contributed by atoms with van der Waals surface area (Å²) in [6, 6.07) is 0. The number of carboxylic acid groups (broad SMARTS) is 2. The maximum atomic E-state index is 8.89. The molecule has 0 aliphatic heterocycles. The number of carboxylic acids is 2. The molecule has 0 radical (unpaired) electrons. The van der Waals surface area contributed by atoms with Crippen molar-refractivity contribution < 1.29 is 24.5 Å². The number of hydrogen-bond donors (Lipinski definition) is 0. The van der Waals surface area contributed by atoms with Gasteiger partial charge in [0.15, 0.2) is 0 Å². The first kappa shape index (κ1) is 23.5. The van der Waals surface area contributed by atoms with Gasteiger partial charge in [-0.1, -0.05) is 0 Å². The number of hydrogen-bond acceptors (Lipinski definition) is 5. The van der Waals surface area contributed by atoms with E-state index in [1.807, 2.05) is 13.8 Å². The summed E-state index contributed by atoms with van der Waals surface area (Å²) in [5.74, 6) is -2.17. The van der Waals surface area contributed by atoms with Gasteiger partial charge in [-0.25, -0.2) is 0 Å². The summed E-state index contributed by atoms with van der Waals surface area (Å²) in [4.78, 5) is 17.8. The first-order chi connectivity index (χ1) is 5.88. The van der Waals surface area contributed by atoms with Crippen LogP contribution in [0.15, 0.2) is 0 Å². The molecule has 0 aliphatic carbocycles. The summed E-state index contributed by atoms with van der Waals surface area (Å²) >= 11 is 0. The molecule has 14 heavy (non-hydrogen) atoms. The van der Waals surface area contributed by atoms with Crippen LogP contribution in [0.2, 0.25) is 0 Å². The minimum absolute atomic E-state index is 0. The first-order valence-corrected chi connectivity index (χ1v) is 3.81. The van der Waals surface area contributed by atoms with E-state index in [9.17, 15) is 0 Å². The van der Waals surface area contributed by atoms with Gasteiger partial charge in [-0.2, -0.15) is 0 Å². The monoisotopic (exact) mass is 216 g/mol. The van der Waals surface area contributed by atoms with Crippen LogP contribution < -0.4 is 10.2 Å². The van der Waals surface area contributed by atoms with Crippen LogP contribution in [-0.4, -0.2) is 48.2 Å². The fourth-order valence-corrected chi connectivity index (χ4v) is 0.204. The minimum Gasteiger partial charge on any atom is -0.550 e. The molecule has 0 aromatic heterocycles. The van der Waals surface area contributed by atoms with Gasteiger partial charge in [-0.3, -0.25) is 0 Å². The molecular weight excluding hydrogens is 200 g/mol. The molecule has 0 saturated carbocycles. The molecule has 0 bridgehead atoms. The molecule has 0 saturated heterocycles. The molecule has 0 atom stereocenters. The molecule has 0 aromatic carbocycles. The molecule has 0 unspecified atom stereocenters. The van der Waals surface area contributed by atoms with E-state index in [0.717, 1.165) is 27.1 Å². The van der Waals surface area contributed by atoms with Crippen molar-refractivity contribution in [3.63, 3.8) is 0 Å². The van der Waals surface area contributed by atoms with Gasteiger partial charge < -0.3 is 24.5 Å². The quantitative estimate of drug-likeness (QED) is 0.507. The Kier molecular flexibility index (Phi) is 38.5. The number of carbonyl (C=O) groups is 2. The molecule has 80 valence electrons. The van der Waals surface area contributed by atoms with E-state index in [-0.39, 0.29) is 23.1 Å². The Hall–Kier alpha value is -0.334. The second kappa shape index (κ2) is 23.0. The van der Waals surface area contributed by atoms with Crippen LogP contribution in [0.5, 0.6) is 0 Å². The second-order valence-corrected chi connectivity index (χ2v) is 1.76. The van der Waals surface area contributed by atoms with Crippen molar-refractivity contribution >= 4 is 35.0 Å². The van der Waals surface area contributed by atoms with Gasteiger partial charge in [0.05, 0.1) is 0 Å². The topological polar surface area (TPSA) is 89.5 Å². The Morgan fingerprint density at radius 1 is 1.00 bits per heavy atom. The smallest absolute Gasteiger partial charge is 0.550 e. The molecule has 0 rings (SSSR count). The van der Waals surface area contributed by atoms with Crippen LogP contribution in [0.4, 0.5) is 0 Å². The second-order valence-electron chi connectivity index (χ2n) is 1.76. The summed E-state index contributed by atoms with van der Waals surface area (Å²) in [6.07, 6.45) is 0. The molecule has 0 N–H and O–H groups in total. The van der Waals surface area contributed by atoms with Gasteiger partial charge in [0.2, 0.25) is 0 Å². The van der Waals surface area contributed by atoms with E-state index < -0.39 is 11.9 Å². The van der Waals surface area contributed by atoms with Crippen LogP contribution in [0.25, 0.3) is 0 Å². The summed E-state index contributed by atoms with van der Waals surface area (Å²) in [5, 5.41) is 17.8. The van der Waals surface area contributed by atoms with Crippen LogP contribution in [0.3, 0.4) is 0 Å². The predicted molar refractivity (Wildman–Crippen MR) is 49.3 cm³/mol. The molecule has 0 fully saturated rings. The zero-order valence-corrected chi connectivity index (χ0v) is 10.6. The Morgan fingerprint density at radius 2 is 1.14 bits per heavy atom. The third-order valence-electron chi connectivity index (χ3n) is 0.408. The van der Waals surface area contributed by atoms with E-state index in [4.69, 9.17) is 24.5 Å². The third kappa shape index (κ3) is 478. The van der Waals surface area contributed by atoms with E-state index in [0.29, 0.717) is 0 Å². The number of carbonyl (C=O) groups excluding carboxylic acids is 2. The SMILES string of the molecule is CC(=O)[O-].CC(=O)[O-].CCOCC.[Mg+2]. The van der Waals surface area contributed by atoms with Gasteiger partial charge in [0.25, 0.3) is 0 Å². The van der Waals surface area contributed by atoms with Gasteiger partial charge in [-0.15, -0.1) is 0 Å². The predicted octanol–water partition coefficient (Wildman–Crippen LogP) is -1.83. The van der Waals surface area contributed by atoms with E-state index in [1.165, 1.54) is 0 Å². The number of ether oxygens (including phenoxy) is 1. The Labute approximate surface area is 101 Å². The van der Waals surface area contributed by atoms with E-state index in [2.05, 4.69) is 0 Å². The van der Waals surface area contributed by atoms with E-state index in [1.54, 1.807) is 0 Å². The molecular formula is C8H16MgO5. The largest absolute Gasteiger partial charge is 2.00 e. The molecule has 6 heteroatoms. The molecule has 0 aliphatic rings. The van der Waals surface area contributed by atoms with Gasteiger partial charge in [0, 0.05) is 25.2 Å². The van der Waals surface area contributed by atoms with E-state index >= 15 is 0 Å². The van der Waals surface area contributed by atoms with Crippen molar-refractivity contribution in [2.75, 3.05) is 13.2 Å². The molecule has 0 aromatic rings. The molecule has 0 spiro atoms. The normalized spacial score (nSPS) is 6.57. The third-order valence-corrected chi connectivity index (χ3v) is 0.408. The Bertz CT molecular complexity index is 105. The van der Waals surface area contributed by atoms with Crippen molar-refractivity contribution in [3.8, 4) is 0 Å². The number of aliphatic carboxylic acids is 2. The maximum Gasteiger partial charge on any atom is 2.00 e. The summed E-state index contributed by atoms with van der Waals surface area (Å²) in [5.41, 5.74) is 0. The van der Waals surface area contributed by atoms with Gasteiger partial charge in [-0.05, 0) is 27.7 Å². The molecule has 5 nitrogen and oxygen atoms in total. The van der Waals surface area contributed by atoms with Crippen LogP contribution in [-0.2, 0) is 14.3 Å². The number of rotatable bonds is 2. The van der Waals surface area contributed by atoms with Crippen LogP contribution >= 0.6 is 0 Å². The van der Waals surface area contributed by atoms with Crippen molar-refractivity contribution in [1.82, 2.24) is 0 Å². The Balaban J connectivity index is -0.0000000522. The average molecular weight is 217 g/mol. The van der Waals surface area contributed by atoms with Crippen molar-refractivity contribution in [2.24, 2.45) is 0 Å².